The summed E-state index contributed by atoms with van der Waals surface area (Å²) in [5.41, 5.74) is 6.55. The lowest BCUT2D eigenvalue weighted by Crippen LogP contribution is -2.29. The fourth-order valence-electron chi connectivity index (χ4n) is 2.39. The molecule has 104 valence electrons. The highest BCUT2D eigenvalue weighted by Gasteiger charge is 2.16. The first-order valence-electron chi connectivity index (χ1n) is 6.56. The van der Waals surface area contributed by atoms with E-state index < -0.39 is 0 Å². The zero-order valence-electron chi connectivity index (χ0n) is 11.2. The SMILES string of the molecule is CN1CCCN(Cc2cccc(C(N)=S)c2F)CC1. The standard InChI is InChI=1S/C14H20FN3S/c1-17-6-3-7-18(9-8-17)10-11-4-2-5-12(13(11)15)14(16)19/h2,4-5H,3,6-10H2,1H3,(H2,16,19). The third kappa shape index (κ3) is 3.72. The summed E-state index contributed by atoms with van der Waals surface area (Å²) in [5.74, 6) is -0.271. The molecule has 19 heavy (non-hydrogen) atoms. The number of nitrogens with zero attached hydrogens (tertiary/aromatic N) is 2. The van der Waals surface area contributed by atoms with Gasteiger partial charge in [0.05, 0.1) is 0 Å². The largest absolute Gasteiger partial charge is 0.389 e. The second-order valence-electron chi connectivity index (χ2n) is 5.08. The number of halogens is 1. The van der Waals surface area contributed by atoms with Crippen molar-refractivity contribution in [3.8, 4) is 0 Å². The molecule has 2 rings (SSSR count). The van der Waals surface area contributed by atoms with Gasteiger partial charge in [0, 0.05) is 30.8 Å². The Labute approximate surface area is 119 Å². The molecule has 1 aliphatic rings. The van der Waals surface area contributed by atoms with E-state index in [-0.39, 0.29) is 10.8 Å². The predicted octanol–water partition coefficient (Wildman–Crippen LogP) is 1.60. The summed E-state index contributed by atoms with van der Waals surface area (Å²) < 4.78 is 14.3. The number of benzene rings is 1. The van der Waals surface area contributed by atoms with Crippen LogP contribution in [0.25, 0.3) is 0 Å². The topological polar surface area (TPSA) is 32.5 Å². The maximum absolute atomic E-state index is 14.3. The lowest BCUT2D eigenvalue weighted by atomic mass is 10.1. The Bertz CT molecular complexity index is 464. The zero-order valence-corrected chi connectivity index (χ0v) is 12.0. The fraction of sp³-hybridized carbons (Fsp3) is 0.500. The summed E-state index contributed by atoms with van der Waals surface area (Å²) in [6.07, 6.45) is 1.12. The minimum atomic E-state index is -0.271. The van der Waals surface area contributed by atoms with Gasteiger partial charge in [0.1, 0.15) is 10.8 Å². The molecule has 0 aromatic heterocycles. The van der Waals surface area contributed by atoms with Gasteiger partial charge in [0.2, 0.25) is 0 Å². The van der Waals surface area contributed by atoms with Gasteiger partial charge in [0.15, 0.2) is 0 Å². The molecule has 5 heteroatoms. The van der Waals surface area contributed by atoms with Crippen LogP contribution in [-0.2, 0) is 6.54 Å². The third-order valence-electron chi connectivity index (χ3n) is 3.55. The summed E-state index contributed by atoms with van der Waals surface area (Å²) in [5, 5.41) is 0. The van der Waals surface area contributed by atoms with Crippen LogP contribution in [-0.4, -0.2) is 48.0 Å². The highest BCUT2D eigenvalue weighted by molar-refractivity contribution is 7.80. The van der Waals surface area contributed by atoms with Crippen LogP contribution in [0.5, 0.6) is 0 Å². The molecular weight excluding hydrogens is 261 g/mol. The Morgan fingerprint density at radius 2 is 2.11 bits per heavy atom. The maximum Gasteiger partial charge on any atom is 0.137 e. The van der Waals surface area contributed by atoms with Gasteiger partial charge in [-0.05, 0) is 32.6 Å². The highest BCUT2D eigenvalue weighted by Crippen LogP contribution is 2.16. The molecule has 1 fully saturated rings. The van der Waals surface area contributed by atoms with Crippen LogP contribution in [0.4, 0.5) is 4.39 Å². The molecule has 0 spiro atoms. The van der Waals surface area contributed by atoms with Crippen LogP contribution in [0.1, 0.15) is 17.5 Å². The molecule has 2 N–H and O–H groups in total. The molecule has 0 radical (unpaired) electrons. The van der Waals surface area contributed by atoms with Crippen molar-refractivity contribution < 1.29 is 4.39 Å². The molecule has 1 aliphatic heterocycles. The van der Waals surface area contributed by atoms with Crippen molar-refractivity contribution in [3.05, 3.63) is 35.1 Å². The Kier molecular flexibility index (Phi) is 4.85. The van der Waals surface area contributed by atoms with Crippen LogP contribution in [0.3, 0.4) is 0 Å². The molecule has 3 nitrogen and oxygen atoms in total. The van der Waals surface area contributed by atoms with Crippen LogP contribution in [0.2, 0.25) is 0 Å². The second-order valence-corrected chi connectivity index (χ2v) is 5.52. The summed E-state index contributed by atoms with van der Waals surface area (Å²) in [6.45, 7) is 4.72. The Morgan fingerprint density at radius 3 is 2.84 bits per heavy atom. The number of hydrogen-bond acceptors (Lipinski definition) is 3. The average molecular weight is 281 g/mol. The van der Waals surface area contributed by atoms with Gasteiger partial charge in [-0.25, -0.2) is 4.39 Å². The zero-order chi connectivity index (χ0) is 13.8. The fourth-order valence-corrected chi connectivity index (χ4v) is 2.55. The Hall–Kier alpha value is -1.04. The molecule has 0 saturated carbocycles. The van der Waals surface area contributed by atoms with E-state index in [1.54, 1.807) is 6.07 Å². The summed E-state index contributed by atoms with van der Waals surface area (Å²) in [4.78, 5) is 4.71. The van der Waals surface area contributed by atoms with Crippen molar-refractivity contribution in [1.29, 1.82) is 0 Å². The molecule has 1 aromatic carbocycles. The minimum absolute atomic E-state index is 0.120. The van der Waals surface area contributed by atoms with Gasteiger partial charge in [0.25, 0.3) is 0 Å². The molecular formula is C14H20FN3S. The monoisotopic (exact) mass is 281 g/mol. The number of hydrogen-bond donors (Lipinski definition) is 1. The van der Waals surface area contributed by atoms with E-state index in [9.17, 15) is 4.39 Å². The smallest absolute Gasteiger partial charge is 0.137 e. The quantitative estimate of drug-likeness (QED) is 0.853. The first-order chi connectivity index (χ1) is 9.08. The van der Waals surface area contributed by atoms with E-state index in [1.807, 2.05) is 12.1 Å². The van der Waals surface area contributed by atoms with E-state index in [0.717, 1.165) is 32.6 Å². The van der Waals surface area contributed by atoms with Crippen molar-refractivity contribution in [2.45, 2.75) is 13.0 Å². The summed E-state index contributed by atoms with van der Waals surface area (Å²) in [6, 6.07) is 5.26. The number of rotatable bonds is 3. The van der Waals surface area contributed by atoms with E-state index in [2.05, 4.69) is 16.8 Å². The summed E-state index contributed by atoms with van der Waals surface area (Å²) in [7, 11) is 2.12. The molecule has 1 saturated heterocycles. The molecule has 0 aliphatic carbocycles. The van der Waals surface area contributed by atoms with Gasteiger partial charge in [-0.3, -0.25) is 4.90 Å². The maximum atomic E-state index is 14.3. The Morgan fingerprint density at radius 1 is 1.32 bits per heavy atom. The number of likely N-dealkylation sites (N-methyl/N-ethyl adjacent to an activating group) is 1. The van der Waals surface area contributed by atoms with Crippen molar-refractivity contribution in [3.63, 3.8) is 0 Å². The first kappa shape index (κ1) is 14.4. The molecule has 0 amide bonds. The molecule has 1 heterocycles. The van der Waals surface area contributed by atoms with E-state index in [0.29, 0.717) is 17.7 Å². The minimum Gasteiger partial charge on any atom is -0.389 e. The second kappa shape index (κ2) is 6.41. The molecule has 0 atom stereocenters. The lowest BCUT2D eigenvalue weighted by molar-refractivity contribution is 0.266. The lowest BCUT2D eigenvalue weighted by Gasteiger charge is -2.20. The van der Waals surface area contributed by atoms with Crippen molar-refractivity contribution in [2.24, 2.45) is 5.73 Å². The third-order valence-corrected chi connectivity index (χ3v) is 3.77. The highest BCUT2D eigenvalue weighted by atomic mass is 32.1. The number of thiocarbonyl (C=S) groups is 1. The Balaban J connectivity index is 2.10. The number of nitrogens with two attached hydrogens (primary N) is 1. The van der Waals surface area contributed by atoms with Crippen LogP contribution in [0.15, 0.2) is 18.2 Å². The van der Waals surface area contributed by atoms with E-state index in [4.69, 9.17) is 18.0 Å². The first-order valence-corrected chi connectivity index (χ1v) is 6.97. The van der Waals surface area contributed by atoms with Gasteiger partial charge >= 0.3 is 0 Å². The molecule has 0 unspecified atom stereocenters. The van der Waals surface area contributed by atoms with Crippen molar-refractivity contribution in [2.75, 3.05) is 33.2 Å². The van der Waals surface area contributed by atoms with Crippen molar-refractivity contribution in [1.82, 2.24) is 9.80 Å². The van der Waals surface area contributed by atoms with Gasteiger partial charge in [-0.15, -0.1) is 0 Å². The average Bonchev–Trinajstić information content (AvgIpc) is 2.57. The summed E-state index contributed by atoms with van der Waals surface area (Å²) >= 11 is 4.87. The molecule has 0 bridgehead atoms. The van der Waals surface area contributed by atoms with E-state index >= 15 is 0 Å². The normalized spacial score (nSPS) is 18.2. The van der Waals surface area contributed by atoms with Gasteiger partial charge in [-0.1, -0.05) is 24.4 Å². The van der Waals surface area contributed by atoms with E-state index in [1.165, 1.54) is 0 Å². The van der Waals surface area contributed by atoms with Crippen molar-refractivity contribution >= 4 is 17.2 Å². The van der Waals surface area contributed by atoms with Crippen LogP contribution >= 0.6 is 12.2 Å². The van der Waals surface area contributed by atoms with Crippen LogP contribution in [0, 0.1) is 5.82 Å². The molecule has 1 aromatic rings. The van der Waals surface area contributed by atoms with Crippen LogP contribution < -0.4 is 5.73 Å². The van der Waals surface area contributed by atoms with Gasteiger partial charge < -0.3 is 10.6 Å². The van der Waals surface area contributed by atoms with Gasteiger partial charge in [-0.2, -0.15) is 0 Å². The predicted molar refractivity (Wildman–Crippen MR) is 79.7 cm³/mol.